The second-order valence-electron chi connectivity index (χ2n) is 7.37. The van der Waals surface area contributed by atoms with Gasteiger partial charge in [0.05, 0.1) is 10.3 Å². The van der Waals surface area contributed by atoms with Crippen LogP contribution in [0.1, 0.15) is 61.9 Å². The zero-order valence-electron chi connectivity index (χ0n) is 14.8. The predicted octanol–water partition coefficient (Wildman–Crippen LogP) is 2.66. The minimum absolute atomic E-state index is 0.00961. The average molecular weight is 359 g/mol. The molecule has 2 N–H and O–H groups in total. The van der Waals surface area contributed by atoms with Gasteiger partial charge in [-0.15, -0.1) is 0 Å². The third kappa shape index (κ3) is 2.95. The lowest BCUT2D eigenvalue weighted by molar-refractivity contribution is -0.384. The molecule has 3 amide bonds. The third-order valence-electron chi connectivity index (χ3n) is 5.29. The van der Waals surface area contributed by atoms with E-state index in [1.807, 2.05) is 0 Å². The number of anilines is 1. The molecule has 0 spiro atoms. The van der Waals surface area contributed by atoms with E-state index in [0.717, 1.165) is 32.1 Å². The molecule has 0 radical (unpaired) electrons. The molecule has 1 aliphatic carbocycles. The molecule has 0 saturated heterocycles. The SMILES string of the molecule is CC1(C)C(=O)NC(=O)c2c1ccc(NC(=O)C1CCCCC1)c2[N+](=O)[O-]. The molecule has 1 fully saturated rings. The Hall–Kier alpha value is -2.77. The van der Waals surface area contributed by atoms with Crippen LogP contribution < -0.4 is 10.6 Å². The highest BCUT2D eigenvalue weighted by molar-refractivity contribution is 6.16. The number of hydrogen-bond acceptors (Lipinski definition) is 5. The maximum Gasteiger partial charge on any atom is 0.305 e. The van der Waals surface area contributed by atoms with Crippen molar-refractivity contribution in [3.05, 3.63) is 33.4 Å². The summed E-state index contributed by atoms with van der Waals surface area (Å²) in [6, 6.07) is 2.92. The minimum Gasteiger partial charge on any atom is -0.320 e. The lowest BCUT2D eigenvalue weighted by atomic mass is 9.77. The molecule has 8 nitrogen and oxygen atoms in total. The van der Waals surface area contributed by atoms with Gasteiger partial charge in [0.1, 0.15) is 11.3 Å². The first kappa shape index (κ1) is 18.0. The van der Waals surface area contributed by atoms with E-state index in [1.165, 1.54) is 12.1 Å². The van der Waals surface area contributed by atoms with Gasteiger partial charge in [-0.3, -0.25) is 29.8 Å². The highest BCUT2D eigenvalue weighted by Crippen LogP contribution is 2.40. The quantitative estimate of drug-likeness (QED) is 0.488. The maximum absolute atomic E-state index is 12.5. The smallest absolute Gasteiger partial charge is 0.305 e. The van der Waals surface area contributed by atoms with Crippen molar-refractivity contribution in [2.24, 2.45) is 5.92 Å². The number of nitro groups is 1. The van der Waals surface area contributed by atoms with Crippen LogP contribution in [0.15, 0.2) is 12.1 Å². The summed E-state index contributed by atoms with van der Waals surface area (Å²) in [6.45, 7) is 3.19. The number of fused-ring (bicyclic) bond motifs is 1. The van der Waals surface area contributed by atoms with Crippen LogP contribution in [0, 0.1) is 16.0 Å². The molecule has 1 saturated carbocycles. The van der Waals surface area contributed by atoms with Gasteiger partial charge in [-0.1, -0.05) is 25.3 Å². The van der Waals surface area contributed by atoms with Crippen LogP contribution in [0.3, 0.4) is 0 Å². The van der Waals surface area contributed by atoms with Crippen LogP contribution in [-0.2, 0) is 15.0 Å². The number of carbonyl (C=O) groups is 3. The molecule has 8 heteroatoms. The Morgan fingerprint density at radius 3 is 2.50 bits per heavy atom. The summed E-state index contributed by atoms with van der Waals surface area (Å²) in [6.07, 6.45) is 4.53. The van der Waals surface area contributed by atoms with Crippen molar-refractivity contribution in [3.8, 4) is 0 Å². The van der Waals surface area contributed by atoms with Crippen molar-refractivity contribution in [1.29, 1.82) is 0 Å². The van der Waals surface area contributed by atoms with E-state index in [4.69, 9.17) is 0 Å². The number of nitrogens with zero attached hydrogens (tertiary/aromatic N) is 1. The van der Waals surface area contributed by atoms with Gasteiger partial charge in [-0.2, -0.15) is 0 Å². The van der Waals surface area contributed by atoms with Crippen LogP contribution in [-0.4, -0.2) is 22.6 Å². The Morgan fingerprint density at radius 1 is 1.23 bits per heavy atom. The van der Waals surface area contributed by atoms with Crippen molar-refractivity contribution in [1.82, 2.24) is 5.32 Å². The number of rotatable bonds is 3. The topological polar surface area (TPSA) is 118 Å². The molecule has 0 bridgehead atoms. The molecule has 26 heavy (non-hydrogen) atoms. The molecule has 1 aliphatic heterocycles. The van der Waals surface area contributed by atoms with Crippen molar-refractivity contribution in [3.63, 3.8) is 0 Å². The normalized spacial score (nSPS) is 19.5. The molecule has 1 aromatic rings. The highest BCUT2D eigenvalue weighted by atomic mass is 16.6. The number of amides is 3. The van der Waals surface area contributed by atoms with E-state index in [2.05, 4.69) is 10.6 Å². The van der Waals surface area contributed by atoms with E-state index < -0.39 is 27.8 Å². The molecule has 0 unspecified atom stereocenters. The van der Waals surface area contributed by atoms with Gasteiger partial charge in [-0.05, 0) is 38.3 Å². The zero-order chi connectivity index (χ0) is 19.1. The van der Waals surface area contributed by atoms with Gasteiger partial charge in [0.2, 0.25) is 11.8 Å². The van der Waals surface area contributed by atoms with Crippen LogP contribution in [0.25, 0.3) is 0 Å². The summed E-state index contributed by atoms with van der Waals surface area (Å²) in [4.78, 5) is 47.8. The fourth-order valence-electron chi connectivity index (χ4n) is 3.68. The number of carbonyl (C=O) groups excluding carboxylic acids is 3. The molecular weight excluding hydrogens is 338 g/mol. The first-order valence-corrected chi connectivity index (χ1v) is 8.72. The van der Waals surface area contributed by atoms with Gasteiger partial charge >= 0.3 is 5.69 Å². The fraction of sp³-hybridized carbons (Fsp3) is 0.500. The number of nitro benzene ring substituents is 1. The van der Waals surface area contributed by atoms with Crippen molar-refractivity contribution in [2.75, 3.05) is 5.32 Å². The van der Waals surface area contributed by atoms with Gasteiger partial charge in [-0.25, -0.2) is 0 Å². The largest absolute Gasteiger partial charge is 0.320 e. The first-order chi connectivity index (χ1) is 12.2. The van der Waals surface area contributed by atoms with Crippen LogP contribution >= 0.6 is 0 Å². The Labute approximate surface area is 150 Å². The molecular formula is C18H21N3O5. The minimum atomic E-state index is -1.08. The van der Waals surface area contributed by atoms with Gasteiger partial charge in [0.15, 0.2) is 0 Å². The monoisotopic (exact) mass is 359 g/mol. The Balaban J connectivity index is 2.04. The summed E-state index contributed by atoms with van der Waals surface area (Å²) >= 11 is 0. The zero-order valence-corrected chi connectivity index (χ0v) is 14.8. The first-order valence-electron chi connectivity index (χ1n) is 8.72. The Morgan fingerprint density at radius 2 is 1.88 bits per heavy atom. The van der Waals surface area contributed by atoms with Crippen LogP contribution in [0.2, 0.25) is 0 Å². The molecule has 3 rings (SSSR count). The number of imide groups is 1. The molecule has 1 heterocycles. The van der Waals surface area contributed by atoms with E-state index in [1.54, 1.807) is 13.8 Å². The van der Waals surface area contributed by atoms with Crippen molar-refractivity contribution < 1.29 is 19.3 Å². The van der Waals surface area contributed by atoms with Crippen molar-refractivity contribution in [2.45, 2.75) is 51.4 Å². The summed E-state index contributed by atoms with van der Waals surface area (Å²) in [5.41, 5.74) is -1.44. The summed E-state index contributed by atoms with van der Waals surface area (Å²) in [5.74, 6) is -1.77. The van der Waals surface area contributed by atoms with Gasteiger partial charge < -0.3 is 5.32 Å². The number of hydrogen-bond donors (Lipinski definition) is 2. The summed E-state index contributed by atoms with van der Waals surface area (Å²) in [7, 11) is 0. The van der Waals surface area contributed by atoms with E-state index in [-0.39, 0.29) is 28.6 Å². The second kappa shape index (κ2) is 6.51. The molecule has 2 aliphatic rings. The predicted molar refractivity (Wildman–Crippen MR) is 93.8 cm³/mol. The average Bonchev–Trinajstić information content (AvgIpc) is 2.60. The Bertz CT molecular complexity index is 809. The summed E-state index contributed by atoms with van der Waals surface area (Å²) < 4.78 is 0. The molecule has 138 valence electrons. The number of nitrogens with one attached hydrogen (secondary N) is 2. The fourth-order valence-corrected chi connectivity index (χ4v) is 3.68. The standard InChI is InChI=1S/C18H21N3O5/c1-18(2)11-8-9-12(19-15(22)10-6-4-3-5-7-10)14(21(25)26)13(11)16(23)20-17(18)24/h8-10H,3-7H2,1-2H3,(H,19,22)(H,20,23,24). The molecule has 0 aromatic heterocycles. The van der Waals surface area contributed by atoms with E-state index >= 15 is 0 Å². The second-order valence-corrected chi connectivity index (χ2v) is 7.37. The maximum atomic E-state index is 12.5. The molecule has 1 aromatic carbocycles. The Kier molecular flexibility index (Phi) is 4.52. The number of benzene rings is 1. The molecule has 0 atom stereocenters. The highest BCUT2D eigenvalue weighted by Gasteiger charge is 2.44. The van der Waals surface area contributed by atoms with Gasteiger partial charge in [0, 0.05) is 5.92 Å². The summed E-state index contributed by atoms with van der Waals surface area (Å²) in [5, 5.41) is 16.5. The van der Waals surface area contributed by atoms with Crippen LogP contribution in [0.5, 0.6) is 0 Å². The lowest BCUT2D eigenvalue weighted by Crippen LogP contribution is -2.49. The van der Waals surface area contributed by atoms with Gasteiger partial charge in [0.25, 0.3) is 5.91 Å². The van der Waals surface area contributed by atoms with Crippen molar-refractivity contribution >= 4 is 29.1 Å². The lowest BCUT2D eigenvalue weighted by Gasteiger charge is -2.30. The van der Waals surface area contributed by atoms with Crippen LogP contribution in [0.4, 0.5) is 11.4 Å². The van der Waals surface area contributed by atoms with E-state index in [9.17, 15) is 24.5 Å². The van der Waals surface area contributed by atoms with E-state index in [0.29, 0.717) is 0 Å². The third-order valence-corrected chi connectivity index (χ3v) is 5.29.